The fourth-order valence-electron chi connectivity index (χ4n) is 3.48. The van der Waals surface area contributed by atoms with E-state index in [1.807, 2.05) is 0 Å². The van der Waals surface area contributed by atoms with Crippen molar-refractivity contribution in [3.05, 3.63) is 0 Å². The van der Waals surface area contributed by atoms with Crippen LogP contribution in [0.15, 0.2) is 0 Å². The van der Waals surface area contributed by atoms with Gasteiger partial charge in [0, 0.05) is 12.1 Å². The molecule has 1 N–H and O–H groups in total. The van der Waals surface area contributed by atoms with Gasteiger partial charge in [-0.2, -0.15) is 0 Å². The van der Waals surface area contributed by atoms with Gasteiger partial charge >= 0.3 is 5.97 Å². The van der Waals surface area contributed by atoms with Crippen LogP contribution in [0.2, 0.25) is 0 Å². The van der Waals surface area contributed by atoms with Crippen LogP contribution in [-0.2, 0) is 9.53 Å². The lowest BCUT2D eigenvalue weighted by molar-refractivity contribution is -0.148. The Morgan fingerprint density at radius 1 is 1.33 bits per heavy atom. The van der Waals surface area contributed by atoms with Crippen LogP contribution in [0.1, 0.15) is 46.0 Å². The number of carbonyl (C=O) groups is 1. The first-order chi connectivity index (χ1) is 8.66. The van der Waals surface area contributed by atoms with E-state index in [1.165, 1.54) is 20.0 Å². The minimum Gasteiger partial charge on any atom is -0.468 e. The Hall–Kier alpha value is -0.610. The highest BCUT2D eigenvalue weighted by atomic mass is 16.5. The van der Waals surface area contributed by atoms with Crippen molar-refractivity contribution in [2.45, 2.75) is 63.6 Å². The third-order valence-electron chi connectivity index (χ3n) is 4.43. The van der Waals surface area contributed by atoms with Crippen LogP contribution in [0.4, 0.5) is 0 Å². The Balaban J connectivity index is 2.04. The molecule has 2 atom stereocenters. The van der Waals surface area contributed by atoms with E-state index in [0.29, 0.717) is 6.04 Å². The molecule has 0 aliphatic heterocycles. The average Bonchev–Trinajstić information content (AvgIpc) is 3.12. The topological polar surface area (TPSA) is 41.6 Å². The van der Waals surface area contributed by atoms with Gasteiger partial charge in [0.1, 0.15) is 5.54 Å². The smallest absolute Gasteiger partial charge is 0.326 e. The molecular formula is C14H26N2O2. The van der Waals surface area contributed by atoms with Gasteiger partial charge in [0.15, 0.2) is 0 Å². The highest BCUT2D eigenvalue weighted by molar-refractivity contribution is 5.81. The highest BCUT2D eigenvalue weighted by Crippen LogP contribution is 2.38. The molecule has 2 unspecified atom stereocenters. The van der Waals surface area contributed by atoms with Crippen LogP contribution in [0.5, 0.6) is 0 Å². The first-order valence-electron chi connectivity index (χ1n) is 7.26. The Morgan fingerprint density at radius 3 is 2.56 bits per heavy atom. The summed E-state index contributed by atoms with van der Waals surface area (Å²) in [6, 6.07) is 1.32. The number of hydrogen-bond donors (Lipinski definition) is 1. The molecule has 0 saturated heterocycles. The maximum Gasteiger partial charge on any atom is 0.326 e. The summed E-state index contributed by atoms with van der Waals surface area (Å²) in [5, 5.41) is 3.38. The van der Waals surface area contributed by atoms with Crippen LogP contribution in [0.3, 0.4) is 0 Å². The molecule has 0 aromatic heterocycles. The van der Waals surface area contributed by atoms with E-state index in [4.69, 9.17) is 4.74 Å². The van der Waals surface area contributed by atoms with E-state index >= 15 is 0 Å². The summed E-state index contributed by atoms with van der Waals surface area (Å²) < 4.78 is 5.01. The molecule has 18 heavy (non-hydrogen) atoms. The standard InChI is InChI=1S/C14H26N2O2/c1-4-15-14(13(17)18-3)9-8-12(10-14)16(5-2)11-6-7-11/h11-12,15H,4-10H2,1-3H3. The van der Waals surface area contributed by atoms with E-state index in [-0.39, 0.29) is 5.97 Å². The van der Waals surface area contributed by atoms with Crippen LogP contribution < -0.4 is 5.32 Å². The zero-order valence-electron chi connectivity index (χ0n) is 11.9. The van der Waals surface area contributed by atoms with Crippen LogP contribution >= 0.6 is 0 Å². The molecule has 2 fully saturated rings. The minimum atomic E-state index is -0.434. The SMILES string of the molecule is CCNC1(C(=O)OC)CCC(N(CC)C2CC2)C1. The van der Waals surface area contributed by atoms with Crippen molar-refractivity contribution in [1.29, 1.82) is 0 Å². The second-order valence-corrected chi connectivity index (χ2v) is 5.56. The molecule has 4 nitrogen and oxygen atoms in total. The number of methoxy groups -OCH3 is 1. The average molecular weight is 254 g/mol. The van der Waals surface area contributed by atoms with Crippen molar-refractivity contribution in [3.8, 4) is 0 Å². The van der Waals surface area contributed by atoms with Gasteiger partial charge in [-0.25, -0.2) is 0 Å². The van der Waals surface area contributed by atoms with Gasteiger partial charge in [0.05, 0.1) is 7.11 Å². The van der Waals surface area contributed by atoms with E-state index in [0.717, 1.165) is 38.4 Å². The van der Waals surface area contributed by atoms with E-state index in [1.54, 1.807) is 0 Å². The molecule has 2 aliphatic carbocycles. The lowest BCUT2D eigenvalue weighted by Gasteiger charge is -2.31. The number of rotatable bonds is 6. The summed E-state index contributed by atoms with van der Waals surface area (Å²) in [5.74, 6) is -0.0845. The first kappa shape index (κ1) is 13.8. The quantitative estimate of drug-likeness (QED) is 0.730. The number of carbonyl (C=O) groups excluding carboxylic acids is 1. The molecule has 0 aromatic rings. The second kappa shape index (κ2) is 5.57. The van der Waals surface area contributed by atoms with E-state index < -0.39 is 5.54 Å². The zero-order valence-corrected chi connectivity index (χ0v) is 11.9. The molecule has 0 bridgehead atoms. The number of likely N-dealkylation sites (N-methyl/N-ethyl adjacent to an activating group) is 1. The number of hydrogen-bond acceptors (Lipinski definition) is 4. The molecule has 104 valence electrons. The Bertz CT molecular complexity index is 304. The van der Waals surface area contributed by atoms with Crippen molar-refractivity contribution in [2.24, 2.45) is 0 Å². The van der Waals surface area contributed by atoms with Crippen molar-refractivity contribution in [1.82, 2.24) is 10.2 Å². The predicted molar refractivity (Wildman–Crippen MR) is 71.5 cm³/mol. The minimum absolute atomic E-state index is 0.0845. The molecular weight excluding hydrogens is 228 g/mol. The molecule has 0 aromatic carbocycles. The fraction of sp³-hybridized carbons (Fsp3) is 0.929. The summed E-state index contributed by atoms with van der Waals surface area (Å²) in [6.07, 6.45) is 5.57. The zero-order chi connectivity index (χ0) is 13.2. The predicted octanol–water partition coefficient (Wildman–Crippen LogP) is 1.54. The number of esters is 1. The first-order valence-corrected chi connectivity index (χ1v) is 7.26. The Labute approximate surface area is 110 Å². The van der Waals surface area contributed by atoms with Gasteiger partial charge < -0.3 is 10.1 Å². The Morgan fingerprint density at radius 2 is 2.06 bits per heavy atom. The van der Waals surface area contributed by atoms with Gasteiger partial charge in [-0.1, -0.05) is 13.8 Å². The van der Waals surface area contributed by atoms with Crippen molar-refractivity contribution >= 4 is 5.97 Å². The molecule has 2 rings (SSSR count). The summed E-state index contributed by atoms with van der Waals surface area (Å²) >= 11 is 0. The number of nitrogens with zero attached hydrogens (tertiary/aromatic N) is 1. The van der Waals surface area contributed by atoms with Crippen LogP contribution in [0.25, 0.3) is 0 Å². The maximum absolute atomic E-state index is 12.1. The van der Waals surface area contributed by atoms with Crippen molar-refractivity contribution < 1.29 is 9.53 Å². The summed E-state index contributed by atoms with van der Waals surface area (Å²) in [5.41, 5.74) is -0.434. The van der Waals surface area contributed by atoms with Crippen LogP contribution in [-0.4, -0.2) is 48.7 Å². The molecule has 0 radical (unpaired) electrons. The molecule has 2 saturated carbocycles. The lowest BCUT2D eigenvalue weighted by Crippen LogP contribution is -2.52. The molecule has 0 spiro atoms. The molecule has 0 amide bonds. The molecule has 0 heterocycles. The van der Waals surface area contributed by atoms with Gasteiger partial charge in [-0.05, 0) is 45.2 Å². The van der Waals surface area contributed by atoms with E-state index in [2.05, 4.69) is 24.1 Å². The van der Waals surface area contributed by atoms with Crippen molar-refractivity contribution in [3.63, 3.8) is 0 Å². The molecule has 4 heteroatoms. The summed E-state index contributed by atoms with van der Waals surface area (Å²) in [4.78, 5) is 14.7. The summed E-state index contributed by atoms with van der Waals surface area (Å²) in [6.45, 7) is 6.19. The third kappa shape index (κ3) is 2.54. The summed E-state index contributed by atoms with van der Waals surface area (Å²) in [7, 11) is 1.49. The van der Waals surface area contributed by atoms with Gasteiger partial charge in [0.2, 0.25) is 0 Å². The van der Waals surface area contributed by atoms with E-state index in [9.17, 15) is 4.79 Å². The van der Waals surface area contributed by atoms with Crippen molar-refractivity contribution in [2.75, 3.05) is 20.2 Å². The lowest BCUT2D eigenvalue weighted by atomic mass is 9.97. The second-order valence-electron chi connectivity index (χ2n) is 5.56. The fourth-order valence-corrected chi connectivity index (χ4v) is 3.48. The highest BCUT2D eigenvalue weighted by Gasteiger charge is 2.48. The van der Waals surface area contributed by atoms with Gasteiger partial charge in [-0.3, -0.25) is 9.69 Å². The Kier molecular flexibility index (Phi) is 4.28. The van der Waals surface area contributed by atoms with Gasteiger partial charge in [0.25, 0.3) is 0 Å². The van der Waals surface area contributed by atoms with Crippen LogP contribution in [0, 0.1) is 0 Å². The molecule has 2 aliphatic rings. The normalized spacial score (nSPS) is 31.9. The van der Waals surface area contributed by atoms with Gasteiger partial charge in [-0.15, -0.1) is 0 Å². The number of ether oxygens (including phenoxy) is 1. The number of nitrogens with one attached hydrogen (secondary N) is 1. The monoisotopic (exact) mass is 254 g/mol. The maximum atomic E-state index is 12.1. The third-order valence-corrected chi connectivity index (χ3v) is 4.43. The largest absolute Gasteiger partial charge is 0.468 e.